The van der Waals surface area contributed by atoms with Gasteiger partial charge in [0.1, 0.15) is 0 Å². The molecule has 0 bridgehead atoms. The Morgan fingerprint density at radius 1 is 1.67 bits per heavy atom. The van der Waals surface area contributed by atoms with Gasteiger partial charge in [0, 0.05) is 19.2 Å². The maximum absolute atomic E-state index is 10.6. The van der Waals surface area contributed by atoms with Crippen molar-refractivity contribution in [1.82, 2.24) is 9.78 Å². The van der Waals surface area contributed by atoms with Gasteiger partial charge in [0.25, 0.3) is 0 Å². The van der Waals surface area contributed by atoms with Gasteiger partial charge in [-0.1, -0.05) is 0 Å². The summed E-state index contributed by atoms with van der Waals surface area (Å²) in [7, 11) is 1.96. The van der Waals surface area contributed by atoms with E-state index < -0.39 is 5.97 Å². The Bertz CT molecular complexity index is 396. The molecule has 0 saturated carbocycles. The molecule has 0 aromatic carbocycles. The molecule has 0 fully saturated rings. The quantitative estimate of drug-likeness (QED) is 0.797. The molecule has 1 aliphatic rings. The summed E-state index contributed by atoms with van der Waals surface area (Å²) in [6.07, 6.45) is 3.10. The summed E-state index contributed by atoms with van der Waals surface area (Å²) in [5, 5.41) is 13.1. The van der Waals surface area contributed by atoms with Crippen molar-refractivity contribution in [1.29, 1.82) is 0 Å². The Labute approximate surface area is 88.9 Å². The molecule has 4 nitrogen and oxygen atoms in total. The van der Waals surface area contributed by atoms with Gasteiger partial charge in [0.2, 0.25) is 0 Å². The van der Waals surface area contributed by atoms with Gasteiger partial charge in [-0.05, 0) is 37.7 Å². The molecule has 1 aromatic rings. The molecule has 0 saturated heterocycles. The number of aliphatic carboxylic acids is 1. The third-order valence-electron chi connectivity index (χ3n) is 3.22. The minimum Gasteiger partial charge on any atom is -0.481 e. The SMILES string of the molecule is Cc1nn(C)c2c1CC(CC(=O)O)CC2. The molecule has 1 aliphatic carbocycles. The Morgan fingerprint density at radius 3 is 3.07 bits per heavy atom. The van der Waals surface area contributed by atoms with E-state index in [0.717, 1.165) is 25.0 Å². The average molecular weight is 208 g/mol. The van der Waals surface area contributed by atoms with Gasteiger partial charge in [0.05, 0.1) is 5.69 Å². The molecule has 1 heterocycles. The first kappa shape index (κ1) is 10.2. The molecule has 4 heteroatoms. The van der Waals surface area contributed by atoms with E-state index in [9.17, 15) is 4.79 Å². The molecular formula is C11H16N2O2. The highest BCUT2D eigenvalue weighted by atomic mass is 16.4. The monoisotopic (exact) mass is 208 g/mol. The predicted octanol–water partition coefficient (Wildman–Crippen LogP) is 1.31. The van der Waals surface area contributed by atoms with E-state index in [1.54, 1.807) is 0 Å². The molecule has 0 amide bonds. The Morgan fingerprint density at radius 2 is 2.40 bits per heavy atom. The number of hydrogen-bond acceptors (Lipinski definition) is 2. The van der Waals surface area contributed by atoms with Crippen LogP contribution in [-0.2, 0) is 24.7 Å². The summed E-state index contributed by atoms with van der Waals surface area (Å²) in [6, 6.07) is 0. The van der Waals surface area contributed by atoms with E-state index in [1.165, 1.54) is 11.3 Å². The van der Waals surface area contributed by atoms with Crippen LogP contribution >= 0.6 is 0 Å². The van der Waals surface area contributed by atoms with Gasteiger partial charge in [-0.2, -0.15) is 5.10 Å². The van der Waals surface area contributed by atoms with Gasteiger partial charge in [-0.3, -0.25) is 9.48 Å². The number of fused-ring (bicyclic) bond motifs is 1. The highest BCUT2D eigenvalue weighted by molar-refractivity contribution is 5.67. The fourth-order valence-electron chi connectivity index (χ4n) is 2.48. The third-order valence-corrected chi connectivity index (χ3v) is 3.22. The van der Waals surface area contributed by atoms with Crippen molar-refractivity contribution < 1.29 is 9.90 Å². The summed E-state index contributed by atoms with van der Waals surface area (Å²) in [5.74, 6) is -0.400. The van der Waals surface area contributed by atoms with Crippen molar-refractivity contribution in [3.8, 4) is 0 Å². The summed E-state index contributed by atoms with van der Waals surface area (Å²) < 4.78 is 1.93. The van der Waals surface area contributed by atoms with Crippen molar-refractivity contribution in [2.24, 2.45) is 13.0 Å². The van der Waals surface area contributed by atoms with Crippen LogP contribution in [0.4, 0.5) is 0 Å². The molecule has 0 spiro atoms. The van der Waals surface area contributed by atoms with Crippen LogP contribution in [0.2, 0.25) is 0 Å². The minimum atomic E-state index is -0.690. The summed E-state index contributed by atoms with van der Waals surface area (Å²) in [4.78, 5) is 10.6. The second-order valence-corrected chi connectivity index (χ2v) is 4.34. The Kier molecular flexibility index (Phi) is 2.50. The zero-order valence-electron chi connectivity index (χ0n) is 9.16. The smallest absolute Gasteiger partial charge is 0.303 e. The van der Waals surface area contributed by atoms with E-state index in [-0.39, 0.29) is 12.3 Å². The van der Waals surface area contributed by atoms with Crippen LogP contribution in [0, 0.1) is 12.8 Å². The Balaban J connectivity index is 2.19. The summed E-state index contributed by atoms with van der Waals surface area (Å²) in [6.45, 7) is 2.00. The number of aromatic nitrogens is 2. The first-order valence-corrected chi connectivity index (χ1v) is 5.31. The highest BCUT2D eigenvalue weighted by Gasteiger charge is 2.25. The van der Waals surface area contributed by atoms with Gasteiger partial charge in [-0.25, -0.2) is 0 Å². The molecule has 2 rings (SSSR count). The van der Waals surface area contributed by atoms with Crippen molar-refractivity contribution in [2.45, 2.75) is 32.6 Å². The highest BCUT2D eigenvalue weighted by Crippen LogP contribution is 2.29. The number of hydrogen-bond donors (Lipinski definition) is 1. The van der Waals surface area contributed by atoms with E-state index in [1.807, 2.05) is 18.7 Å². The predicted molar refractivity (Wildman–Crippen MR) is 55.7 cm³/mol. The van der Waals surface area contributed by atoms with Crippen LogP contribution < -0.4 is 0 Å². The number of carboxylic acid groups (broad SMARTS) is 1. The van der Waals surface area contributed by atoms with Crippen LogP contribution in [0.25, 0.3) is 0 Å². The largest absolute Gasteiger partial charge is 0.481 e. The lowest BCUT2D eigenvalue weighted by Gasteiger charge is -2.21. The van der Waals surface area contributed by atoms with Crippen LogP contribution in [0.1, 0.15) is 29.8 Å². The first-order chi connectivity index (χ1) is 7.08. The lowest BCUT2D eigenvalue weighted by Crippen LogP contribution is -2.18. The molecular weight excluding hydrogens is 192 g/mol. The van der Waals surface area contributed by atoms with Gasteiger partial charge < -0.3 is 5.11 Å². The van der Waals surface area contributed by atoms with Gasteiger partial charge >= 0.3 is 5.97 Å². The lowest BCUT2D eigenvalue weighted by atomic mass is 9.84. The second kappa shape index (κ2) is 3.68. The second-order valence-electron chi connectivity index (χ2n) is 4.34. The molecule has 82 valence electrons. The molecule has 0 radical (unpaired) electrons. The summed E-state index contributed by atoms with van der Waals surface area (Å²) in [5.41, 5.74) is 3.62. The minimum absolute atomic E-state index is 0.285. The zero-order valence-corrected chi connectivity index (χ0v) is 9.16. The van der Waals surface area contributed by atoms with E-state index in [0.29, 0.717) is 0 Å². The molecule has 15 heavy (non-hydrogen) atoms. The maximum Gasteiger partial charge on any atom is 0.303 e. The molecule has 1 atom stereocenters. The van der Waals surface area contributed by atoms with E-state index in [2.05, 4.69) is 5.10 Å². The van der Waals surface area contributed by atoms with Crippen LogP contribution in [0.3, 0.4) is 0 Å². The van der Waals surface area contributed by atoms with Crippen LogP contribution in [0.5, 0.6) is 0 Å². The molecule has 0 aliphatic heterocycles. The number of carbonyl (C=O) groups is 1. The number of aryl methyl sites for hydroxylation is 2. The standard InChI is InChI=1S/C11H16N2O2/c1-7-9-5-8(6-11(14)15)3-4-10(9)13(2)12-7/h8H,3-6H2,1-2H3,(H,14,15). The normalized spacial score (nSPS) is 20.0. The number of rotatable bonds is 2. The van der Waals surface area contributed by atoms with Crippen molar-refractivity contribution >= 4 is 5.97 Å². The van der Waals surface area contributed by atoms with Gasteiger partial charge in [0.15, 0.2) is 0 Å². The molecule has 1 N–H and O–H groups in total. The van der Waals surface area contributed by atoms with Crippen LogP contribution in [-0.4, -0.2) is 20.9 Å². The first-order valence-electron chi connectivity index (χ1n) is 5.31. The lowest BCUT2D eigenvalue weighted by molar-refractivity contribution is -0.138. The van der Waals surface area contributed by atoms with Crippen molar-refractivity contribution in [2.75, 3.05) is 0 Å². The molecule has 1 unspecified atom stereocenters. The van der Waals surface area contributed by atoms with Gasteiger partial charge in [-0.15, -0.1) is 0 Å². The topological polar surface area (TPSA) is 55.1 Å². The van der Waals surface area contributed by atoms with Crippen molar-refractivity contribution in [3.63, 3.8) is 0 Å². The van der Waals surface area contributed by atoms with Crippen LogP contribution in [0.15, 0.2) is 0 Å². The number of carboxylic acids is 1. The fourth-order valence-corrected chi connectivity index (χ4v) is 2.48. The summed E-state index contributed by atoms with van der Waals surface area (Å²) >= 11 is 0. The fraction of sp³-hybridized carbons (Fsp3) is 0.636. The number of nitrogens with zero attached hydrogens (tertiary/aromatic N) is 2. The molecule has 1 aromatic heterocycles. The maximum atomic E-state index is 10.6. The third kappa shape index (κ3) is 1.89. The van der Waals surface area contributed by atoms with E-state index >= 15 is 0 Å². The van der Waals surface area contributed by atoms with E-state index in [4.69, 9.17) is 5.11 Å². The zero-order chi connectivity index (χ0) is 11.0. The van der Waals surface area contributed by atoms with Crippen molar-refractivity contribution in [3.05, 3.63) is 17.0 Å². The average Bonchev–Trinajstić information content (AvgIpc) is 2.41. The Hall–Kier alpha value is -1.32.